The van der Waals surface area contributed by atoms with Crippen LogP contribution in [0.25, 0.3) is 0 Å². The summed E-state index contributed by atoms with van der Waals surface area (Å²) in [6.07, 6.45) is 0.639. The molecule has 98 valence electrons. The molecule has 1 fully saturated rings. The lowest BCUT2D eigenvalue weighted by Crippen LogP contribution is -2.49. The SMILES string of the molecule is CC[C@H](N)C(=O)N1CCOC(c2ccccc2)C1. The Kier molecular flexibility index (Phi) is 4.33. The van der Waals surface area contributed by atoms with Crippen LogP contribution in [0, 0.1) is 0 Å². The molecule has 2 rings (SSSR count). The van der Waals surface area contributed by atoms with Crippen molar-refractivity contribution >= 4 is 5.91 Å². The van der Waals surface area contributed by atoms with Gasteiger partial charge in [0.05, 0.1) is 19.2 Å². The van der Waals surface area contributed by atoms with Crippen LogP contribution in [-0.2, 0) is 9.53 Å². The quantitative estimate of drug-likeness (QED) is 0.878. The van der Waals surface area contributed by atoms with Crippen LogP contribution in [0.5, 0.6) is 0 Å². The van der Waals surface area contributed by atoms with E-state index >= 15 is 0 Å². The molecule has 1 amide bonds. The fourth-order valence-electron chi connectivity index (χ4n) is 2.13. The van der Waals surface area contributed by atoms with E-state index < -0.39 is 0 Å². The Balaban J connectivity index is 2.03. The van der Waals surface area contributed by atoms with Crippen molar-refractivity contribution in [2.24, 2.45) is 5.73 Å². The summed E-state index contributed by atoms with van der Waals surface area (Å²) in [5.41, 5.74) is 6.91. The second-order valence-electron chi connectivity index (χ2n) is 4.57. The molecule has 1 unspecified atom stereocenters. The molecule has 1 heterocycles. The predicted octanol–water partition coefficient (Wildman–Crippen LogP) is 1.32. The van der Waals surface area contributed by atoms with Gasteiger partial charge < -0.3 is 15.4 Å². The second-order valence-corrected chi connectivity index (χ2v) is 4.57. The zero-order valence-electron chi connectivity index (χ0n) is 10.7. The molecule has 1 aromatic rings. The number of morpholine rings is 1. The summed E-state index contributed by atoms with van der Waals surface area (Å²) in [4.78, 5) is 13.9. The molecule has 2 atom stereocenters. The topological polar surface area (TPSA) is 55.6 Å². The smallest absolute Gasteiger partial charge is 0.239 e. The maximum absolute atomic E-state index is 12.1. The number of nitrogens with two attached hydrogens (primary N) is 1. The van der Waals surface area contributed by atoms with Crippen LogP contribution in [0.1, 0.15) is 25.0 Å². The van der Waals surface area contributed by atoms with Gasteiger partial charge in [0.2, 0.25) is 5.91 Å². The van der Waals surface area contributed by atoms with Crippen LogP contribution >= 0.6 is 0 Å². The number of amides is 1. The first-order valence-corrected chi connectivity index (χ1v) is 6.43. The van der Waals surface area contributed by atoms with Gasteiger partial charge in [0.1, 0.15) is 6.10 Å². The zero-order valence-corrected chi connectivity index (χ0v) is 10.7. The van der Waals surface area contributed by atoms with E-state index in [0.717, 1.165) is 5.56 Å². The highest BCUT2D eigenvalue weighted by Gasteiger charge is 2.27. The van der Waals surface area contributed by atoms with Gasteiger partial charge in [-0.25, -0.2) is 0 Å². The Labute approximate surface area is 108 Å². The minimum absolute atomic E-state index is 0.0294. The maximum atomic E-state index is 12.1. The van der Waals surface area contributed by atoms with Gasteiger partial charge in [0, 0.05) is 6.54 Å². The summed E-state index contributed by atoms with van der Waals surface area (Å²) in [7, 11) is 0. The Morgan fingerprint density at radius 1 is 1.50 bits per heavy atom. The molecule has 0 aliphatic carbocycles. The average Bonchev–Trinajstić information content (AvgIpc) is 2.46. The third-order valence-electron chi connectivity index (χ3n) is 3.31. The average molecular weight is 248 g/mol. The molecular weight excluding hydrogens is 228 g/mol. The van der Waals surface area contributed by atoms with Crippen molar-refractivity contribution in [2.75, 3.05) is 19.7 Å². The van der Waals surface area contributed by atoms with Crippen LogP contribution in [0.2, 0.25) is 0 Å². The largest absolute Gasteiger partial charge is 0.370 e. The molecule has 1 saturated heterocycles. The normalized spacial score (nSPS) is 21.7. The molecule has 4 nitrogen and oxygen atoms in total. The molecule has 0 bridgehead atoms. The van der Waals surface area contributed by atoms with Crippen LogP contribution < -0.4 is 5.73 Å². The fraction of sp³-hybridized carbons (Fsp3) is 0.500. The number of benzene rings is 1. The molecular formula is C14H20N2O2. The number of hydrogen-bond donors (Lipinski definition) is 1. The molecule has 0 aromatic heterocycles. The van der Waals surface area contributed by atoms with Crippen LogP contribution in [0.3, 0.4) is 0 Å². The van der Waals surface area contributed by atoms with Crippen LogP contribution in [0.4, 0.5) is 0 Å². The van der Waals surface area contributed by atoms with Crippen molar-refractivity contribution in [3.05, 3.63) is 35.9 Å². The monoisotopic (exact) mass is 248 g/mol. The minimum atomic E-state index is -0.389. The first-order chi connectivity index (χ1) is 8.72. The number of ether oxygens (including phenoxy) is 1. The fourth-order valence-corrected chi connectivity index (χ4v) is 2.13. The zero-order chi connectivity index (χ0) is 13.0. The summed E-state index contributed by atoms with van der Waals surface area (Å²) in [6.45, 7) is 3.73. The van der Waals surface area contributed by atoms with E-state index in [4.69, 9.17) is 10.5 Å². The number of hydrogen-bond acceptors (Lipinski definition) is 3. The van der Waals surface area contributed by atoms with Gasteiger partial charge >= 0.3 is 0 Å². The Bertz CT molecular complexity index is 394. The number of carbonyl (C=O) groups is 1. The van der Waals surface area contributed by atoms with E-state index in [2.05, 4.69) is 0 Å². The molecule has 1 aliphatic rings. The van der Waals surface area contributed by atoms with Gasteiger partial charge in [-0.1, -0.05) is 37.3 Å². The highest BCUT2D eigenvalue weighted by molar-refractivity contribution is 5.81. The number of carbonyl (C=O) groups excluding carboxylic acids is 1. The molecule has 0 spiro atoms. The van der Waals surface area contributed by atoms with Crippen molar-refractivity contribution in [2.45, 2.75) is 25.5 Å². The summed E-state index contributed by atoms with van der Waals surface area (Å²) in [5, 5.41) is 0. The highest BCUT2D eigenvalue weighted by atomic mass is 16.5. The standard InChI is InChI=1S/C14H20N2O2/c1-2-12(15)14(17)16-8-9-18-13(10-16)11-6-4-3-5-7-11/h3-7,12-13H,2,8-10,15H2,1H3/t12-,13?/m0/s1. The van der Waals surface area contributed by atoms with Crippen molar-refractivity contribution < 1.29 is 9.53 Å². The van der Waals surface area contributed by atoms with Gasteiger partial charge in [0.25, 0.3) is 0 Å². The van der Waals surface area contributed by atoms with Crippen LogP contribution in [0.15, 0.2) is 30.3 Å². The second kappa shape index (κ2) is 5.98. The lowest BCUT2D eigenvalue weighted by atomic mass is 10.1. The molecule has 1 aromatic carbocycles. The van der Waals surface area contributed by atoms with Gasteiger partial charge in [-0.3, -0.25) is 4.79 Å². The van der Waals surface area contributed by atoms with E-state index in [9.17, 15) is 4.79 Å². The van der Waals surface area contributed by atoms with Crippen LogP contribution in [-0.4, -0.2) is 36.5 Å². The first kappa shape index (κ1) is 13.1. The lowest BCUT2D eigenvalue weighted by molar-refractivity contribution is -0.140. The minimum Gasteiger partial charge on any atom is -0.370 e. The molecule has 1 aliphatic heterocycles. The van der Waals surface area contributed by atoms with Crippen molar-refractivity contribution in [1.29, 1.82) is 0 Å². The molecule has 2 N–H and O–H groups in total. The molecule has 0 saturated carbocycles. The number of rotatable bonds is 3. The van der Waals surface area contributed by atoms with Gasteiger partial charge in [-0.2, -0.15) is 0 Å². The van der Waals surface area contributed by atoms with E-state index in [1.54, 1.807) is 0 Å². The third-order valence-corrected chi connectivity index (χ3v) is 3.31. The van der Waals surface area contributed by atoms with E-state index in [0.29, 0.717) is 26.1 Å². The first-order valence-electron chi connectivity index (χ1n) is 6.43. The Morgan fingerprint density at radius 3 is 2.89 bits per heavy atom. The van der Waals surface area contributed by atoms with Gasteiger partial charge in [-0.05, 0) is 12.0 Å². The van der Waals surface area contributed by atoms with E-state index in [-0.39, 0.29) is 18.1 Å². The molecule has 0 radical (unpaired) electrons. The van der Waals surface area contributed by atoms with Gasteiger partial charge in [0.15, 0.2) is 0 Å². The predicted molar refractivity (Wildman–Crippen MR) is 70.0 cm³/mol. The summed E-state index contributed by atoms with van der Waals surface area (Å²) in [5.74, 6) is 0.0294. The van der Waals surface area contributed by atoms with Crippen molar-refractivity contribution in [1.82, 2.24) is 4.90 Å². The summed E-state index contributed by atoms with van der Waals surface area (Å²) >= 11 is 0. The van der Waals surface area contributed by atoms with E-state index in [1.165, 1.54) is 0 Å². The summed E-state index contributed by atoms with van der Waals surface area (Å²) < 4.78 is 5.72. The van der Waals surface area contributed by atoms with Gasteiger partial charge in [-0.15, -0.1) is 0 Å². The molecule has 4 heteroatoms. The number of nitrogens with zero attached hydrogens (tertiary/aromatic N) is 1. The van der Waals surface area contributed by atoms with E-state index in [1.807, 2.05) is 42.2 Å². The highest BCUT2D eigenvalue weighted by Crippen LogP contribution is 2.22. The Morgan fingerprint density at radius 2 is 2.22 bits per heavy atom. The van der Waals surface area contributed by atoms with Crippen molar-refractivity contribution in [3.8, 4) is 0 Å². The Hall–Kier alpha value is -1.39. The maximum Gasteiger partial charge on any atom is 0.239 e. The summed E-state index contributed by atoms with van der Waals surface area (Å²) in [6, 6.07) is 9.60. The van der Waals surface area contributed by atoms with Crippen molar-refractivity contribution in [3.63, 3.8) is 0 Å². The molecule has 18 heavy (non-hydrogen) atoms. The third kappa shape index (κ3) is 2.89. The lowest BCUT2D eigenvalue weighted by Gasteiger charge is -2.34.